The highest BCUT2D eigenvalue weighted by atomic mass is 16.5. The van der Waals surface area contributed by atoms with Gasteiger partial charge in [-0.1, -0.05) is 13.8 Å². The SMILES string of the molecule is CC(C)c1nnc2n1CC(NC(=NCC(=O)N(C)C)NC1CCOCC1)CC2. The number of aryl methyl sites for hydroxylation is 1. The van der Waals surface area contributed by atoms with E-state index in [2.05, 4.69) is 44.2 Å². The second kappa shape index (κ2) is 9.36. The van der Waals surface area contributed by atoms with E-state index in [-0.39, 0.29) is 18.5 Å². The minimum atomic E-state index is -0.0140. The Kier molecular flexibility index (Phi) is 6.88. The topological polar surface area (TPSA) is 96.7 Å². The fourth-order valence-electron chi connectivity index (χ4n) is 3.54. The largest absolute Gasteiger partial charge is 0.381 e. The van der Waals surface area contributed by atoms with Crippen LogP contribution in [0.25, 0.3) is 0 Å². The molecule has 2 N–H and O–H groups in total. The number of guanidine groups is 1. The number of carbonyl (C=O) groups is 1. The maximum atomic E-state index is 12.0. The van der Waals surface area contributed by atoms with Gasteiger partial charge >= 0.3 is 0 Å². The maximum Gasteiger partial charge on any atom is 0.243 e. The normalized spacial score (nSPS) is 20.8. The molecule has 1 saturated heterocycles. The van der Waals surface area contributed by atoms with Crippen LogP contribution >= 0.6 is 0 Å². The predicted molar refractivity (Wildman–Crippen MR) is 107 cm³/mol. The lowest BCUT2D eigenvalue weighted by atomic mass is 10.1. The fraction of sp³-hybridized carbons (Fsp3) is 0.789. The Hall–Kier alpha value is -2.16. The summed E-state index contributed by atoms with van der Waals surface area (Å²) >= 11 is 0. The van der Waals surface area contributed by atoms with Gasteiger partial charge in [0.05, 0.1) is 0 Å². The Morgan fingerprint density at radius 3 is 2.61 bits per heavy atom. The molecule has 3 heterocycles. The lowest BCUT2D eigenvalue weighted by molar-refractivity contribution is -0.127. The van der Waals surface area contributed by atoms with E-state index in [4.69, 9.17) is 4.74 Å². The van der Waals surface area contributed by atoms with Gasteiger partial charge in [-0.05, 0) is 19.3 Å². The van der Waals surface area contributed by atoms with Crippen LogP contribution in [0.3, 0.4) is 0 Å². The summed E-state index contributed by atoms with van der Waals surface area (Å²) in [5.41, 5.74) is 0. The predicted octanol–water partition coefficient (Wildman–Crippen LogP) is 0.519. The Bertz CT molecular complexity index is 692. The highest BCUT2D eigenvalue weighted by Gasteiger charge is 2.25. The number of rotatable bonds is 5. The third-order valence-electron chi connectivity index (χ3n) is 5.27. The standard InChI is InChI=1S/C19H33N7O2/c1-13(2)18-24-23-16-6-5-15(12-26(16)18)22-19(20-11-17(27)25(3)4)21-14-7-9-28-10-8-14/h13-15H,5-12H2,1-4H3,(H2,20,21,22). The Balaban J connectivity index is 1.68. The average molecular weight is 392 g/mol. The molecule has 0 bridgehead atoms. The zero-order chi connectivity index (χ0) is 20.1. The summed E-state index contributed by atoms with van der Waals surface area (Å²) in [5.74, 6) is 3.11. The lowest BCUT2D eigenvalue weighted by Crippen LogP contribution is -2.51. The first-order valence-corrected chi connectivity index (χ1v) is 10.2. The van der Waals surface area contributed by atoms with E-state index in [1.807, 2.05) is 0 Å². The van der Waals surface area contributed by atoms with E-state index in [0.29, 0.717) is 17.9 Å². The third kappa shape index (κ3) is 5.21. The minimum Gasteiger partial charge on any atom is -0.381 e. The smallest absolute Gasteiger partial charge is 0.243 e. The van der Waals surface area contributed by atoms with Gasteiger partial charge in [0.15, 0.2) is 5.96 Å². The molecule has 0 radical (unpaired) electrons. The zero-order valence-corrected chi connectivity index (χ0v) is 17.4. The van der Waals surface area contributed by atoms with Crippen molar-refractivity contribution in [2.75, 3.05) is 33.9 Å². The summed E-state index contributed by atoms with van der Waals surface area (Å²) < 4.78 is 7.67. The van der Waals surface area contributed by atoms with Gasteiger partial charge in [0.2, 0.25) is 5.91 Å². The number of hydrogen-bond acceptors (Lipinski definition) is 5. The molecule has 3 rings (SSSR count). The molecule has 1 fully saturated rings. The van der Waals surface area contributed by atoms with Gasteiger partial charge in [-0.15, -0.1) is 10.2 Å². The molecule has 0 aromatic carbocycles. The highest BCUT2D eigenvalue weighted by molar-refractivity contribution is 5.85. The van der Waals surface area contributed by atoms with Crippen LogP contribution in [0, 0.1) is 0 Å². The van der Waals surface area contributed by atoms with E-state index in [0.717, 1.165) is 57.1 Å². The van der Waals surface area contributed by atoms with Crippen LogP contribution in [0.4, 0.5) is 0 Å². The highest BCUT2D eigenvalue weighted by Crippen LogP contribution is 2.20. The number of hydrogen-bond donors (Lipinski definition) is 2. The van der Waals surface area contributed by atoms with Crippen molar-refractivity contribution in [3.05, 3.63) is 11.6 Å². The summed E-state index contributed by atoms with van der Waals surface area (Å²) in [6.45, 7) is 6.74. The fourth-order valence-corrected chi connectivity index (χ4v) is 3.54. The van der Waals surface area contributed by atoms with E-state index >= 15 is 0 Å². The second-order valence-electron chi connectivity index (χ2n) is 8.10. The Labute approximate surface area is 166 Å². The molecule has 28 heavy (non-hydrogen) atoms. The molecule has 1 atom stereocenters. The Morgan fingerprint density at radius 2 is 1.93 bits per heavy atom. The molecule has 9 heteroatoms. The molecule has 2 aliphatic heterocycles. The van der Waals surface area contributed by atoms with Crippen LogP contribution in [0.1, 0.15) is 50.7 Å². The van der Waals surface area contributed by atoms with Gasteiger partial charge in [-0.3, -0.25) is 4.79 Å². The summed E-state index contributed by atoms with van der Waals surface area (Å²) in [6, 6.07) is 0.538. The number of aromatic nitrogens is 3. The molecule has 1 unspecified atom stereocenters. The first-order valence-electron chi connectivity index (χ1n) is 10.2. The van der Waals surface area contributed by atoms with Crippen molar-refractivity contribution in [3.8, 4) is 0 Å². The number of likely N-dealkylation sites (N-methyl/N-ethyl adjacent to an activating group) is 1. The van der Waals surface area contributed by atoms with Crippen LogP contribution < -0.4 is 10.6 Å². The number of carbonyl (C=O) groups excluding carboxylic acids is 1. The van der Waals surface area contributed by atoms with Crippen LogP contribution in [0.5, 0.6) is 0 Å². The molecule has 1 aromatic rings. The van der Waals surface area contributed by atoms with E-state index in [1.165, 1.54) is 0 Å². The number of ether oxygens (including phenoxy) is 1. The molecule has 0 saturated carbocycles. The molecule has 0 aliphatic carbocycles. The van der Waals surface area contributed by atoms with Crippen molar-refractivity contribution in [3.63, 3.8) is 0 Å². The van der Waals surface area contributed by atoms with Crippen LogP contribution in [0.2, 0.25) is 0 Å². The summed E-state index contributed by atoms with van der Waals surface area (Å²) in [5, 5.41) is 15.7. The van der Waals surface area contributed by atoms with Crippen LogP contribution in [0.15, 0.2) is 4.99 Å². The number of nitrogens with zero attached hydrogens (tertiary/aromatic N) is 5. The van der Waals surface area contributed by atoms with Crippen molar-refractivity contribution in [1.82, 2.24) is 30.3 Å². The molecule has 0 spiro atoms. The van der Waals surface area contributed by atoms with E-state index in [9.17, 15) is 4.79 Å². The van der Waals surface area contributed by atoms with Crippen molar-refractivity contribution >= 4 is 11.9 Å². The first kappa shape index (κ1) is 20.6. The van der Waals surface area contributed by atoms with Crippen molar-refractivity contribution in [1.29, 1.82) is 0 Å². The number of amides is 1. The van der Waals surface area contributed by atoms with Gasteiger partial charge < -0.3 is 24.8 Å². The first-order chi connectivity index (χ1) is 13.4. The number of aliphatic imine (C=N–C) groups is 1. The molecule has 1 aromatic heterocycles. The Morgan fingerprint density at radius 1 is 1.21 bits per heavy atom. The van der Waals surface area contributed by atoms with Crippen LogP contribution in [-0.2, 0) is 22.5 Å². The van der Waals surface area contributed by atoms with Gasteiger partial charge in [0, 0.05) is 58.3 Å². The van der Waals surface area contributed by atoms with Gasteiger partial charge in [0.1, 0.15) is 18.2 Å². The van der Waals surface area contributed by atoms with Gasteiger partial charge in [-0.25, -0.2) is 4.99 Å². The molecule has 1 amide bonds. The molecular formula is C19H33N7O2. The van der Waals surface area contributed by atoms with Crippen molar-refractivity contribution in [2.24, 2.45) is 4.99 Å². The third-order valence-corrected chi connectivity index (χ3v) is 5.27. The summed E-state index contributed by atoms with van der Waals surface area (Å²) in [6.07, 6.45) is 3.74. The lowest BCUT2D eigenvalue weighted by Gasteiger charge is -2.30. The van der Waals surface area contributed by atoms with Gasteiger partial charge in [0.25, 0.3) is 0 Å². The van der Waals surface area contributed by atoms with Crippen molar-refractivity contribution < 1.29 is 9.53 Å². The quantitative estimate of drug-likeness (QED) is 0.561. The molecule has 156 valence electrons. The monoisotopic (exact) mass is 391 g/mol. The van der Waals surface area contributed by atoms with Crippen molar-refractivity contribution in [2.45, 2.75) is 64.1 Å². The molecular weight excluding hydrogens is 358 g/mol. The average Bonchev–Trinajstić information content (AvgIpc) is 3.10. The minimum absolute atomic E-state index is 0.0140. The second-order valence-corrected chi connectivity index (χ2v) is 8.10. The number of nitrogens with one attached hydrogen (secondary N) is 2. The van der Waals surface area contributed by atoms with E-state index < -0.39 is 0 Å². The van der Waals surface area contributed by atoms with E-state index in [1.54, 1.807) is 19.0 Å². The zero-order valence-electron chi connectivity index (χ0n) is 17.4. The molecule has 2 aliphatic rings. The summed E-state index contributed by atoms with van der Waals surface area (Å²) in [4.78, 5) is 18.1. The molecule has 9 nitrogen and oxygen atoms in total. The van der Waals surface area contributed by atoms with Crippen LogP contribution in [-0.4, -0.2) is 77.5 Å². The summed E-state index contributed by atoms with van der Waals surface area (Å²) in [7, 11) is 3.50. The maximum absolute atomic E-state index is 12.0. The number of fused-ring (bicyclic) bond motifs is 1. The van der Waals surface area contributed by atoms with Gasteiger partial charge in [-0.2, -0.15) is 0 Å².